The zero-order chi connectivity index (χ0) is 19.7. The van der Waals surface area contributed by atoms with E-state index in [4.69, 9.17) is 4.98 Å². The summed E-state index contributed by atoms with van der Waals surface area (Å²) in [5.41, 5.74) is 3.45. The van der Waals surface area contributed by atoms with Crippen molar-refractivity contribution in [1.29, 1.82) is 0 Å². The normalized spacial score (nSPS) is 19.5. The van der Waals surface area contributed by atoms with E-state index in [9.17, 15) is 4.79 Å². The first-order chi connectivity index (χ1) is 13.5. The summed E-state index contributed by atoms with van der Waals surface area (Å²) in [7, 11) is 2.14. The summed E-state index contributed by atoms with van der Waals surface area (Å²) in [5, 5.41) is 4.40. The molecule has 0 saturated carbocycles. The van der Waals surface area contributed by atoms with Crippen molar-refractivity contribution in [3.05, 3.63) is 41.2 Å². The van der Waals surface area contributed by atoms with Gasteiger partial charge in [0.15, 0.2) is 0 Å². The third-order valence-electron chi connectivity index (χ3n) is 5.97. The van der Waals surface area contributed by atoms with E-state index in [2.05, 4.69) is 22.0 Å². The number of rotatable bonds is 4. The third-order valence-corrected chi connectivity index (χ3v) is 5.97. The summed E-state index contributed by atoms with van der Waals surface area (Å²) in [6, 6.07) is 1.97. The molecule has 2 aliphatic rings. The first kappa shape index (κ1) is 19.1. The van der Waals surface area contributed by atoms with E-state index in [0.29, 0.717) is 12.5 Å². The van der Waals surface area contributed by atoms with Crippen molar-refractivity contribution in [2.75, 3.05) is 26.7 Å². The topological polar surface area (TPSA) is 67.2 Å². The van der Waals surface area contributed by atoms with Crippen LogP contribution in [0.25, 0.3) is 0 Å². The number of fused-ring (bicyclic) bond motifs is 1. The number of nitrogens with zero attached hydrogens (tertiary/aromatic N) is 6. The Morgan fingerprint density at radius 2 is 2.07 bits per heavy atom. The van der Waals surface area contributed by atoms with Crippen molar-refractivity contribution < 1.29 is 4.79 Å². The van der Waals surface area contributed by atoms with E-state index in [-0.39, 0.29) is 11.8 Å². The molecule has 28 heavy (non-hydrogen) atoms. The molecule has 2 aromatic heterocycles. The minimum absolute atomic E-state index is 0.0622. The highest BCUT2D eigenvalue weighted by Crippen LogP contribution is 2.28. The van der Waals surface area contributed by atoms with Crippen LogP contribution in [0.3, 0.4) is 0 Å². The van der Waals surface area contributed by atoms with Gasteiger partial charge in [-0.25, -0.2) is 9.97 Å². The largest absolute Gasteiger partial charge is 0.342 e. The first-order valence-corrected chi connectivity index (χ1v) is 10.3. The molecule has 4 heterocycles. The van der Waals surface area contributed by atoms with Crippen LogP contribution in [0.4, 0.5) is 0 Å². The number of hydrogen-bond donors (Lipinski definition) is 0. The van der Waals surface area contributed by atoms with Gasteiger partial charge in [-0.1, -0.05) is 6.92 Å². The van der Waals surface area contributed by atoms with E-state index >= 15 is 0 Å². The van der Waals surface area contributed by atoms with Gasteiger partial charge in [0.2, 0.25) is 5.91 Å². The average Bonchev–Trinajstić information content (AvgIpc) is 3.11. The van der Waals surface area contributed by atoms with Crippen molar-refractivity contribution in [1.82, 2.24) is 29.5 Å². The van der Waals surface area contributed by atoms with Crippen LogP contribution in [0.15, 0.2) is 18.5 Å². The number of hydrogen-bond acceptors (Lipinski definition) is 5. The number of carbonyl (C=O) groups excluding carboxylic acids is 1. The Hall–Kier alpha value is -2.28. The predicted molar refractivity (Wildman–Crippen MR) is 107 cm³/mol. The Kier molecular flexibility index (Phi) is 5.44. The second-order valence-corrected chi connectivity index (χ2v) is 8.37. The van der Waals surface area contributed by atoms with Crippen LogP contribution < -0.4 is 0 Å². The van der Waals surface area contributed by atoms with Crippen molar-refractivity contribution in [3.8, 4) is 0 Å². The fraction of sp³-hybridized carbons (Fsp3) is 0.619. The van der Waals surface area contributed by atoms with E-state index in [1.54, 1.807) is 0 Å². The van der Waals surface area contributed by atoms with Gasteiger partial charge in [0, 0.05) is 62.2 Å². The third kappa shape index (κ3) is 4.09. The number of carbonyl (C=O) groups is 1. The molecule has 1 fully saturated rings. The molecular weight excluding hydrogens is 352 g/mol. The summed E-state index contributed by atoms with van der Waals surface area (Å²) in [6.45, 7) is 8.17. The lowest BCUT2D eigenvalue weighted by atomic mass is 9.94. The molecule has 1 atom stereocenters. The molecule has 0 aliphatic carbocycles. The van der Waals surface area contributed by atoms with Gasteiger partial charge in [0.25, 0.3) is 0 Å². The Balaban J connectivity index is 1.33. The lowest BCUT2D eigenvalue weighted by Crippen LogP contribution is -2.42. The predicted octanol–water partition coefficient (Wildman–Crippen LogP) is 2.01. The Morgan fingerprint density at radius 3 is 2.79 bits per heavy atom. The number of likely N-dealkylation sites (tertiary alicyclic amines) is 1. The molecule has 4 rings (SSSR count). The van der Waals surface area contributed by atoms with Crippen molar-refractivity contribution in [3.63, 3.8) is 0 Å². The smallest absolute Gasteiger partial charge is 0.227 e. The van der Waals surface area contributed by atoms with E-state index in [1.807, 2.05) is 41.9 Å². The number of piperidine rings is 1. The summed E-state index contributed by atoms with van der Waals surface area (Å²) in [4.78, 5) is 26.7. The maximum atomic E-state index is 12.8. The fourth-order valence-electron chi connectivity index (χ4n) is 4.26. The van der Waals surface area contributed by atoms with E-state index in [1.165, 1.54) is 11.3 Å². The van der Waals surface area contributed by atoms with Gasteiger partial charge >= 0.3 is 0 Å². The molecule has 0 spiro atoms. The molecule has 0 aromatic carbocycles. The molecule has 7 nitrogen and oxygen atoms in total. The quantitative estimate of drug-likeness (QED) is 0.809. The lowest BCUT2D eigenvalue weighted by molar-refractivity contribution is -0.136. The molecular formula is C21H30N6O. The minimum atomic E-state index is -0.0622. The maximum Gasteiger partial charge on any atom is 0.227 e. The lowest BCUT2D eigenvalue weighted by Gasteiger charge is -2.33. The van der Waals surface area contributed by atoms with Crippen LogP contribution in [-0.2, 0) is 24.3 Å². The van der Waals surface area contributed by atoms with Crippen molar-refractivity contribution in [2.45, 2.75) is 52.1 Å². The highest BCUT2D eigenvalue weighted by atomic mass is 16.2. The molecule has 150 valence electrons. The van der Waals surface area contributed by atoms with Crippen molar-refractivity contribution >= 4 is 5.91 Å². The van der Waals surface area contributed by atoms with Crippen LogP contribution in [0, 0.1) is 12.8 Å². The second kappa shape index (κ2) is 7.99. The van der Waals surface area contributed by atoms with Crippen LogP contribution in [0.5, 0.6) is 0 Å². The molecule has 2 aliphatic heterocycles. The van der Waals surface area contributed by atoms with Gasteiger partial charge in [0.05, 0.1) is 18.2 Å². The maximum absolute atomic E-state index is 12.8. The highest BCUT2D eigenvalue weighted by Gasteiger charge is 2.29. The summed E-state index contributed by atoms with van der Waals surface area (Å²) >= 11 is 0. The van der Waals surface area contributed by atoms with Crippen LogP contribution in [0.1, 0.15) is 48.5 Å². The average molecular weight is 383 g/mol. The highest BCUT2D eigenvalue weighted by molar-refractivity contribution is 5.78. The van der Waals surface area contributed by atoms with Gasteiger partial charge < -0.3 is 9.80 Å². The van der Waals surface area contributed by atoms with E-state index in [0.717, 1.165) is 57.0 Å². The second-order valence-electron chi connectivity index (χ2n) is 8.37. The summed E-state index contributed by atoms with van der Waals surface area (Å²) < 4.78 is 1.86. The molecule has 1 amide bonds. The number of aryl methyl sites for hydroxylation is 1. The Labute approximate surface area is 166 Å². The van der Waals surface area contributed by atoms with Gasteiger partial charge in [-0.15, -0.1) is 0 Å². The molecule has 2 aromatic rings. The van der Waals surface area contributed by atoms with Gasteiger partial charge in [-0.2, -0.15) is 5.10 Å². The Morgan fingerprint density at radius 1 is 1.29 bits per heavy atom. The molecule has 0 radical (unpaired) electrons. The van der Waals surface area contributed by atoms with Crippen molar-refractivity contribution in [2.24, 2.45) is 5.92 Å². The van der Waals surface area contributed by atoms with Gasteiger partial charge in [-0.05, 0) is 32.9 Å². The monoisotopic (exact) mass is 382 g/mol. The Bertz CT molecular complexity index is 839. The van der Waals surface area contributed by atoms with Crippen LogP contribution in [-0.4, -0.2) is 62.1 Å². The molecule has 0 unspecified atom stereocenters. The number of likely N-dealkylation sites (N-methyl/N-ethyl adjacent to an activating group) is 1. The molecule has 0 bridgehead atoms. The fourth-order valence-corrected chi connectivity index (χ4v) is 4.26. The SMILES string of the molecule is Cc1ccn(C[C@H](C)C(=O)N2CCC(c3ncc4c(n3)CCN(C)C4)CC2)n1. The standard InChI is InChI=1S/C21H30N6O/c1-15(13-27-11-4-16(2)24-27)21(28)26-9-5-17(6-10-26)20-22-12-18-14-25(3)8-7-19(18)23-20/h4,11-12,15,17H,5-10,13-14H2,1-3H3/t15-/m0/s1. The summed E-state index contributed by atoms with van der Waals surface area (Å²) in [6.07, 6.45) is 6.84. The molecule has 7 heteroatoms. The van der Waals surface area contributed by atoms with Gasteiger partial charge in [-0.3, -0.25) is 9.48 Å². The summed E-state index contributed by atoms with van der Waals surface area (Å²) in [5.74, 6) is 1.49. The zero-order valence-electron chi connectivity index (χ0n) is 17.1. The number of aromatic nitrogens is 4. The minimum Gasteiger partial charge on any atom is -0.342 e. The van der Waals surface area contributed by atoms with Crippen LogP contribution >= 0.6 is 0 Å². The molecule has 1 saturated heterocycles. The van der Waals surface area contributed by atoms with E-state index < -0.39 is 0 Å². The van der Waals surface area contributed by atoms with Gasteiger partial charge in [0.1, 0.15) is 5.82 Å². The molecule has 0 N–H and O–H groups in total. The first-order valence-electron chi connectivity index (χ1n) is 10.3. The number of amides is 1. The van der Waals surface area contributed by atoms with Crippen LogP contribution in [0.2, 0.25) is 0 Å². The zero-order valence-corrected chi connectivity index (χ0v) is 17.1.